The summed E-state index contributed by atoms with van der Waals surface area (Å²) in [6.07, 6.45) is 3.98. The van der Waals surface area contributed by atoms with Crippen molar-refractivity contribution in [2.75, 3.05) is 17.2 Å². The smallest absolute Gasteiger partial charge is 0.358 e. The summed E-state index contributed by atoms with van der Waals surface area (Å²) in [5.41, 5.74) is 3.10. The number of anilines is 3. The summed E-state index contributed by atoms with van der Waals surface area (Å²) < 4.78 is 47.1. The first-order valence-corrected chi connectivity index (χ1v) is 13.2. The number of nitrogens with zero attached hydrogens (tertiary/aromatic N) is 6. The fraction of sp³-hybridized carbons (Fsp3) is 0.241. The Morgan fingerprint density at radius 2 is 1.90 bits per heavy atom. The van der Waals surface area contributed by atoms with Crippen molar-refractivity contribution >= 4 is 34.3 Å². The number of benzene rings is 1. The van der Waals surface area contributed by atoms with Crippen LogP contribution in [0.25, 0.3) is 22.4 Å². The maximum atomic E-state index is 13.1. The predicted octanol–water partition coefficient (Wildman–Crippen LogP) is 6.31. The zero-order chi connectivity index (χ0) is 29.3. The summed E-state index contributed by atoms with van der Waals surface area (Å²) in [6, 6.07) is 10.7. The normalized spacial score (nSPS) is 15.5. The Hall–Kier alpha value is -4.91. The fourth-order valence-electron chi connectivity index (χ4n) is 4.79. The number of alkyl halides is 3. The standard InChI is InChI=1S/C29H25F3N8O2/c1-17-7-8-19(38-28(41)18-9-11-33-22(13-18)29(30,31)32)14-21(17)39-26-20(5-4-10-34-26)24-25-27(36-15-35-24)40(16-37-25)23-6-2-3-12-42-23/h4-5,7-11,13-16,23H,2-3,6,12H2,1H3,(H,34,39)(H,38,41). The third-order valence-corrected chi connectivity index (χ3v) is 6.95. The fourth-order valence-corrected chi connectivity index (χ4v) is 4.79. The van der Waals surface area contributed by atoms with Crippen molar-refractivity contribution in [3.63, 3.8) is 0 Å². The molecule has 1 fully saturated rings. The number of ether oxygens (including phenoxy) is 1. The predicted molar refractivity (Wildman–Crippen MR) is 149 cm³/mol. The molecule has 0 bridgehead atoms. The van der Waals surface area contributed by atoms with E-state index in [0.717, 1.165) is 31.0 Å². The van der Waals surface area contributed by atoms with Crippen LogP contribution < -0.4 is 10.6 Å². The van der Waals surface area contributed by atoms with E-state index in [1.165, 1.54) is 12.4 Å². The van der Waals surface area contributed by atoms with Crippen LogP contribution in [0.3, 0.4) is 0 Å². The Morgan fingerprint density at radius 3 is 2.71 bits per heavy atom. The second-order valence-electron chi connectivity index (χ2n) is 9.80. The van der Waals surface area contributed by atoms with Crippen LogP contribution in [0.15, 0.2) is 67.5 Å². The Morgan fingerprint density at radius 1 is 1.02 bits per heavy atom. The van der Waals surface area contributed by atoms with E-state index in [9.17, 15) is 18.0 Å². The highest BCUT2D eigenvalue weighted by atomic mass is 19.4. The molecule has 4 aromatic heterocycles. The van der Waals surface area contributed by atoms with Gasteiger partial charge in [-0.3, -0.25) is 14.3 Å². The number of aromatic nitrogens is 6. The van der Waals surface area contributed by atoms with Crippen LogP contribution in [0.2, 0.25) is 0 Å². The van der Waals surface area contributed by atoms with Gasteiger partial charge in [-0.2, -0.15) is 13.2 Å². The lowest BCUT2D eigenvalue weighted by molar-refractivity contribution is -0.141. The average Bonchev–Trinajstić information content (AvgIpc) is 3.44. The van der Waals surface area contributed by atoms with Crippen molar-refractivity contribution in [1.82, 2.24) is 29.5 Å². The van der Waals surface area contributed by atoms with Crippen LogP contribution in [0.5, 0.6) is 0 Å². The molecule has 13 heteroatoms. The molecule has 2 N–H and O–H groups in total. The number of carbonyl (C=O) groups is 1. The van der Waals surface area contributed by atoms with Gasteiger partial charge in [-0.05, 0) is 68.1 Å². The molecule has 0 saturated carbocycles. The Bertz CT molecular complexity index is 1770. The van der Waals surface area contributed by atoms with E-state index in [-0.39, 0.29) is 11.8 Å². The van der Waals surface area contributed by atoms with E-state index in [1.807, 2.05) is 17.6 Å². The topological polar surface area (TPSA) is 120 Å². The number of nitrogens with one attached hydrogen (secondary N) is 2. The molecule has 214 valence electrons. The van der Waals surface area contributed by atoms with Gasteiger partial charge in [0.05, 0.1) is 6.33 Å². The van der Waals surface area contributed by atoms with Gasteiger partial charge in [0, 0.05) is 41.5 Å². The zero-order valence-corrected chi connectivity index (χ0v) is 22.4. The van der Waals surface area contributed by atoms with Crippen LogP contribution in [0.4, 0.5) is 30.4 Å². The molecule has 1 aliphatic heterocycles. The lowest BCUT2D eigenvalue weighted by Crippen LogP contribution is -2.17. The molecule has 1 aliphatic rings. The lowest BCUT2D eigenvalue weighted by Gasteiger charge is -2.23. The molecule has 1 amide bonds. The first kappa shape index (κ1) is 27.3. The second kappa shape index (κ2) is 11.2. The molecule has 0 aliphatic carbocycles. The van der Waals surface area contributed by atoms with Crippen molar-refractivity contribution < 1.29 is 22.7 Å². The van der Waals surface area contributed by atoms with E-state index >= 15 is 0 Å². The SMILES string of the molecule is Cc1ccc(NC(=O)c2ccnc(C(F)(F)F)c2)cc1Nc1ncccc1-c1ncnc2c1ncn2C1CCCCO1. The quantitative estimate of drug-likeness (QED) is 0.242. The molecule has 10 nitrogen and oxygen atoms in total. The van der Waals surface area contributed by atoms with Gasteiger partial charge in [0.15, 0.2) is 5.65 Å². The van der Waals surface area contributed by atoms with Crippen molar-refractivity contribution in [1.29, 1.82) is 0 Å². The highest BCUT2D eigenvalue weighted by Gasteiger charge is 2.33. The first-order valence-electron chi connectivity index (χ1n) is 13.2. The van der Waals surface area contributed by atoms with Crippen molar-refractivity contribution in [2.24, 2.45) is 0 Å². The number of imidazole rings is 1. The van der Waals surface area contributed by atoms with Gasteiger partial charge >= 0.3 is 6.18 Å². The molecule has 1 atom stereocenters. The number of hydrogen-bond donors (Lipinski definition) is 2. The molecule has 42 heavy (non-hydrogen) atoms. The maximum absolute atomic E-state index is 13.1. The van der Waals surface area contributed by atoms with Crippen LogP contribution >= 0.6 is 0 Å². The van der Waals surface area contributed by atoms with Gasteiger partial charge in [0.1, 0.15) is 35.3 Å². The minimum atomic E-state index is -4.66. The van der Waals surface area contributed by atoms with Crippen LogP contribution in [0.1, 0.15) is 47.1 Å². The number of carbonyl (C=O) groups excluding carboxylic acids is 1. The minimum absolute atomic E-state index is 0.134. The highest BCUT2D eigenvalue weighted by Crippen LogP contribution is 2.34. The van der Waals surface area contributed by atoms with E-state index in [1.54, 1.807) is 36.8 Å². The molecule has 6 rings (SSSR count). The van der Waals surface area contributed by atoms with Crippen molar-refractivity contribution in [2.45, 2.75) is 38.6 Å². The Labute approximate surface area is 238 Å². The largest absolute Gasteiger partial charge is 0.433 e. The van der Waals surface area contributed by atoms with Crippen molar-refractivity contribution in [3.05, 3.63) is 84.3 Å². The van der Waals surface area contributed by atoms with Crippen molar-refractivity contribution in [3.8, 4) is 11.3 Å². The molecule has 1 unspecified atom stereocenters. The second-order valence-corrected chi connectivity index (χ2v) is 9.80. The molecule has 5 aromatic rings. The van der Waals surface area contributed by atoms with E-state index in [4.69, 9.17) is 4.74 Å². The van der Waals surface area contributed by atoms with Gasteiger partial charge < -0.3 is 15.4 Å². The van der Waals surface area contributed by atoms with E-state index in [0.29, 0.717) is 52.3 Å². The van der Waals surface area contributed by atoms with Crippen LogP contribution in [-0.4, -0.2) is 42.0 Å². The minimum Gasteiger partial charge on any atom is -0.358 e. The summed E-state index contributed by atoms with van der Waals surface area (Å²) in [4.78, 5) is 34.2. The Balaban J connectivity index is 1.28. The molecule has 5 heterocycles. The Kier molecular flexibility index (Phi) is 7.25. The highest BCUT2D eigenvalue weighted by molar-refractivity contribution is 6.04. The average molecular weight is 575 g/mol. The number of pyridine rings is 2. The molecule has 1 saturated heterocycles. The summed E-state index contributed by atoms with van der Waals surface area (Å²) in [5, 5.41) is 5.97. The number of fused-ring (bicyclic) bond motifs is 1. The molecular formula is C29H25F3N8O2. The molecular weight excluding hydrogens is 549 g/mol. The first-order chi connectivity index (χ1) is 20.3. The van der Waals surface area contributed by atoms with Gasteiger partial charge in [-0.15, -0.1) is 0 Å². The summed E-state index contributed by atoms with van der Waals surface area (Å²) in [7, 11) is 0. The molecule has 0 radical (unpaired) electrons. The number of hydrogen-bond acceptors (Lipinski definition) is 8. The van der Waals surface area contributed by atoms with Gasteiger partial charge in [-0.1, -0.05) is 6.07 Å². The van der Waals surface area contributed by atoms with Crippen LogP contribution in [-0.2, 0) is 10.9 Å². The molecule has 1 aromatic carbocycles. The van der Waals surface area contributed by atoms with Gasteiger partial charge in [0.2, 0.25) is 0 Å². The van der Waals surface area contributed by atoms with Crippen LogP contribution in [0, 0.1) is 6.92 Å². The lowest BCUT2D eigenvalue weighted by atomic mass is 10.1. The van der Waals surface area contributed by atoms with E-state index in [2.05, 4.69) is 35.6 Å². The monoisotopic (exact) mass is 574 g/mol. The maximum Gasteiger partial charge on any atom is 0.433 e. The third-order valence-electron chi connectivity index (χ3n) is 6.95. The third kappa shape index (κ3) is 5.50. The number of halogens is 3. The van der Waals surface area contributed by atoms with E-state index < -0.39 is 17.8 Å². The zero-order valence-electron chi connectivity index (χ0n) is 22.4. The van der Waals surface area contributed by atoms with Gasteiger partial charge in [0.25, 0.3) is 5.91 Å². The van der Waals surface area contributed by atoms with Gasteiger partial charge in [-0.25, -0.2) is 19.9 Å². The summed E-state index contributed by atoms with van der Waals surface area (Å²) >= 11 is 0. The summed E-state index contributed by atoms with van der Waals surface area (Å²) in [5.74, 6) is -0.200. The summed E-state index contributed by atoms with van der Waals surface area (Å²) in [6.45, 7) is 2.57. The number of aryl methyl sites for hydroxylation is 1. The molecule has 0 spiro atoms. The number of amides is 1. The number of rotatable bonds is 6.